The number of hydrogen-bond donors (Lipinski definition) is 2. The van der Waals surface area contributed by atoms with Crippen molar-refractivity contribution >= 4 is 23.6 Å². The summed E-state index contributed by atoms with van der Waals surface area (Å²) in [5, 5.41) is 5.89. The van der Waals surface area contributed by atoms with Crippen LogP contribution in [0.3, 0.4) is 0 Å². The SMILES string of the molecule is CC(C)(C)OC(=O)NCCCCNC(=O)c1cc(Cl)ccn1. The Morgan fingerprint density at radius 3 is 2.45 bits per heavy atom. The topological polar surface area (TPSA) is 80.3 Å². The molecular formula is C15H22ClN3O3. The molecule has 0 saturated carbocycles. The lowest BCUT2D eigenvalue weighted by atomic mass is 10.2. The van der Waals surface area contributed by atoms with E-state index in [1.165, 1.54) is 12.3 Å². The van der Waals surface area contributed by atoms with Gasteiger partial charge in [-0.25, -0.2) is 4.79 Å². The van der Waals surface area contributed by atoms with Gasteiger partial charge in [-0.05, 0) is 45.7 Å². The number of rotatable bonds is 6. The van der Waals surface area contributed by atoms with E-state index < -0.39 is 11.7 Å². The molecule has 0 radical (unpaired) electrons. The maximum atomic E-state index is 11.8. The molecule has 1 aromatic heterocycles. The maximum absolute atomic E-state index is 11.8. The summed E-state index contributed by atoms with van der Waals surface area (Å²) < 4.78 is 5.11. The van der Waals surface area contributed by atoms with Crippen LogP contribution in [-0.4, -0.2) is 35.7 Å². The number of aromatic nitrogens is 1. The van der Waals surface area contributed by atoms with Crippen LogP contribution in [0.2, 0.25) is 5.02 Å². The second-order valence-electron chi connectivity index (χ2n) is 5.75. The Morgan fingerprint density at radius 1 is 1.23 bits per heavy atom. The summed E-state index contributed by atoms with van der Waals surface area (Å²) in [6.07, 6.45) is 2.53. The average molecular weight is 328 g/mol. The van der Waals surface area contributed by atoms with E-state index >= 15 is 0 Å². The average Bonchev–Trinajstić information content (AvgIpc) is 2.40. The predicted molar refractivity (Wildman–Crippen MR) is 85.1 cm³/mol. The Kier molecular flexibility index (Phi) is 7.11. The molecular weight excluding hydrogens is 306 g/mol. The molecule has 0 fully saturated rings. The molecule has 0 bridgehead atoms. The standard InChI is InChI=1S/C15H22ClN3O3/c1-15(2,3)22-14(21)19-8-5-4-7-18-13(20)12-10-11(16)6-9-17-12/h6,9-10H,4-5,7-8H2,1-3H3,(H,18,20)(H,19,21). The minimum Gasteiger partial charge on any atom is -0.444 e. The number of pyridine rings is 1. The normalized spacial score (nSPS) is 10.9. The first-order valence-electron chi connectivity index (χ1n) is 7.14. The van der Waals surface area contributed by atoms with Crippen molar-refractivity contribution in [2.45, 2.75) is 39.2 Å². The Labute approximate surface area is 135 Å². The van der Waals surface area contributed by atoms with E-state index in [1.54, 1.807) is 6.07 Å². The zero-order valence-corrected chi connectivity index (χ0v) is 13.9. The molecule has 2 amide bonds. The van der Waals surface area contributed by atoms with Crippen LogP contribution in [0.5, 0.6) is 0 Å². The number of carbonyl (C=O) groups is 2. The van der Waals surface area contributed by atoms with E-state index in [-0.39, 0.29) is 5.91 Å². The lowest BCUT2D eigenvalue weighted by molar-refractivity contribution is 0.0526. The van der Waals surface area contributed by atoms with Gasteiger partial charge in [0.2, 0.25) is 0 Å². The molecule has 0 unspecified atom stereocenters. The van der Waals surface area contributed by atoms with Gasteiger partial charge in [-0.2, -0.15) is 0 Å². The number of alkyl carbamates (subject to hydrolysis) is 1. The van der Waals surface area contributed by atoms with Gasteiger partial charge in [0.15, 0.2) is 0 Å². The van der Waals surface area contributed by atoms with Gasteiger partial charge in [-0.1, -0.05) is 11.6 Å². The first-order valence-corrected chi connectivity index (χ1v) is 7.52. The minimum absolute atomic E-state index is 0.261. The minimum atomic E-state index is -0.498. The monoisotopic (exact) mass is 327 g/mol. The molecule has 1 aromatic rings. The fraction of sp³-hybridized carbons (Fsp3) is 0.533. The lowest BCUT2D eigenvalue weighted by Gasteiger charge is -2.19. The quantitative estimate of drug-likeness (QED) is 0.787. The third-order valence-corrected chi connectivity index (χ3v) is 2.75. The van der Waals surface area contributed by atoms with Crippen molar-refractivity contribution in [3.8, 4) is 0 Å². The van der Waals surface area contributed by atoms with Crippen LogP contribution >= 0.6 is 11.6 Å². The highest BCUT2D eigenvalue weighted by Crippen LogP contribution is 2.08. The van der Waals surface area contributed by atoms with Crippen LogP contribution in [0.15, 0.2) is 18.3 Å². The van der Waals surface area contributed by atoms with E-state index in [9.17, 15) is 9.59 Å². The third-order valence-electron chi connectivity index (χ3n) is 2.51. The van der Waals surface area contributed by atoms with E-state index in [0.717, 1.165) is 12.8 Å². The maximum Gasteiger partial charge on any atom is 0.407 e. The highest BCUT2D eigenvalue weighted by molar-refractivity contribution is 6.30. The molecule has 1 heterocycles. The van der Waals surface area contributed by atoms with Crippen LogP contribution < -0.4 is 10.6 Å². The van der Waals surface area contributed by atoms with E-state index in [4.69, 9.17) is 16.3 Å². The smallest absolute Gasteiger partial charge is 0.407 e. The number of ether oxygens (including phenoxy) is 1. The number of unbranched alkanes of at least 4 members (excludes halogenated alkanes) is 1. The van der Waals surface area contributed by atoms with Gasteiger partial charge in [-0.3, -0.25) is 9.78 Å². The van der Waals surface area contributed by atoms with Crippen molar-refractivity contribution < 1.29 is 14.3 Å². The van der Waals surface area contributed by atoms with E-state index in [0.29, 0.717) is 23.8 Å². The first kappa shape index (κ1) is 18.2. The summed E-state index contributed by atoms with van der Waals surface area (Å²) >= 11 is 5.79. The summed E-state index contributed by atoms with van der Waals surface area (Å²) in [5.74, 6) is -0.261. The lowest BCUT2D eigenvalue weighted by Crippen LogP contribution is -2.33. The van der Waals surface area contributed by atoms with Crippen molar-refractivity contribution in [3.05, 3.63) is 29.0 Å². The molecule has 1 rings (SSSR count). The molecule has 0 aliphatic rings. The number of halogens is 1. The van der Waals surface area contributed by atoms with Crippen LogP contribution in [0.4, 0.5) is 4.79 Å². The molecule has 6 nitrogen and oxygen atoms in total. The van der Waals surface area contributed by atoms with Crippen molar-refractivity contribution in [3.63, 3.8) is 0 Å². The second-order valence-corrected chi connectivity index (χ2v) is 6.19. The number of hydrogen-bond acceptors (Lipinski definition) is 4. The Hall–Kier alpha value is -1.82. The van der Waals surface area contributed by atoms with E-state index in [2.05, 4.69) is 15.6 Å². The highest BCUT2D eigenvalue weighted by atomic mass is 35.5. The summed E-state index contributed by atoms with van der Waals surface area (Å²) in [5.41, 5.74) is -0.207. The summed E-state index contributed by atoms with van der Waals surface area (Å²) in [6, 6.07) is 3.13. The highest BCUT2D eigenvalue weighted by Gasteiger charge is 2.15. The van der Waals surface area contributed by atoms with Gasteiger partial charge in [0.1, 0.15) is 11.3 Å². The molecule has 7 heteroatoms. The number of nitrogens with one attached hydrogen (secondary N) is 2. The largest absolute Gasteiger partial charge is 0.444 e. The molecule has 22 heavy (non-hydrogen) atoms. The molecule has 0 spiro atoms. The van der Waals surface area contributed by atoms with Crippen LogP contribution in [0.25, 0.3) is 0 Å². The van der Waals surface area contributed by atoms with Crippen molar-refractivity contribution in [2.24, 2.45) is 0 Å². The Balaban J connectivity index is 2.13. The molecule has 0 saturated heterocycles. The number of carbonyl (C=O) groups excluding carboxylic acids is 2. The molecule has 2 N–H and O–H groups in total. The van der Waals surface area contributed by atoms with Gasteiger partial charge in [0.25, 0.3) is 5.91 Å². The summed E-state index contributed by atoms with van der Waals surface area (Å²) in [6.45, 7) is 6.44. The van der Waals surface area contributed by atoms with Gasteiger partial charge < -0.3 is 15.4 Å². The predicted octanol–water partition coefficient (Wildman–Crippen LogP) is 2.77. The first-order chi connectivity index (χ1) is 10.3. The van der Waals surface area contributed by atoms with Crippen LogP contribution in [0, 0.1) is 0 Å². The van der Waals surface area contributed by atoms with Gasteiger partial charge in [-0.15, -0.1) is 0 Å². The van der Waals surface area contributed by atoms with Crippen molar-refractivity contribution in [1.29, 1.82) is 0 Å². The molecule has 0 aliphatic carbocycles. The van der Waals surface area contributed by atoms with Gasteiger partial charge in [0, 0.05) is 24.3 Å². The second kappa shape index (κ2) is 8.58. The van der Waals surface area contributed by atoms with Crippen molar-refractivity contribution in [2.75, 3.05) is 13.1 Å². The Morgan fingerprint density at radius 2 is 1.86 bits per heavy atom. The summed E-state index contributed by atoms with van der Waals surface area (Å²) in [4.78, 5) is 27.1. The number of amides is 2. The van der Waals surface area contributed by atoms with Crippen LogP contribution in [-0.2, 0) is 4.74 Å². The Bertz CT molecular complexity index is 515. The third kappa shape index (κ3) is 7.83. The summed E-state index contributed by atoms with van der Waals surface area (Å²) in [7, 11) is 0. The fourth-order valence-corrected chi connectivity index (χ4v) is 1.74. The van der Waals surface area contributed by atoms with Gasteiger partial charge >= 0.3 is 6.09 Å². The number of nitrogens with zero attached hydrogens (tertiary/aromatic N) is 1. The zero-order valence-electron chi connectivity index (χ0n) is 13.1. The molecule has 0 aromatic carbocycles. The zero-order chi connectivity index (χ0) is 16.6. The molecule has 122 valence electrons. The van der Waals surface area contributed by atoms with E-state index in [1.807, 2.05) is 20.8 Å². The van der Waals surface area contributed by atoms with Crippen molar-refractivity contribution in [1.82, 2.24) is 15.6 Å². The fourth-order valence-electron chi connectivity index (χ4n) is 1.58. The van der Waals surface area contributed by atoms with Crippen LogP contribution in [0.1, 0.15) is 44.1 Å². The molecule has 0 atom stereocenters. The molecule has 0 aliphatic heterocycles. The van der Waals surface area contributed by atoms with Gasteiger partial charge in [0.05, 0.1) is 0 Å².